The van der Waals surface area contributed by atoms with Gasteiger partial charge in [-0.25, -0.2) is 8.42 Å². The number of halogens is 1. The van der Waals surface area contributed by atoms with E-state index >= 15 is 0 Å². The Morgan fingerprint density at radius 3 is 2.03 bits per heavy atom. The van der Waals surface area contributed by atoms with Gasteiger partial charge in [0, 0.05) is 17.1 Å². The molecule has 3 aromatic rings. The van der Waals surface area contributed by atoms with Crippen molar-refractivity contribution in [3.63, 3.8) is 0 Å². The second-order valence-corrected chi connectivity index (χ2v) is 12.9. The van der Waals surface area contributed by atoms with Crippen LogP contribution >= 0.6 is 11.6 Å². The van der Waals surface area contributed by atoms with Crippen LogP contribution in [-0.4, -0.2) is 43.3 Å². The molecule has 2 amide bonds. The van der Waals surface area contributed by atoms with Crippen LogP contribution in [0.2, 0.25) is 5.02 Å². The van der Waals surface area contributed by atoms with Crippen molar-refractivity contribution in [3.8, 4) is 0 Å². The number of carbonyl (C=O) groups excluding carboxylic acids is 2. The van der Waals surface area contributed by atoms with Gasteiger partial charge in [-0.3, -0.25) is 13.9 Å². The van der Waals surface area contributed by atoms with E-state index in [1.54, 1.807) is 38.1 Å². The highest BCUT2D eigenvalue weighted by atomic mass is 35.5. The minimum absolute atomic E-state index is 0.00642. The molecule has 0 heterocycles. The molecule has 1 atom stereocenters. The van der Waals surface area contributed by atoms with E-state index in [9.17, 15) is 18.0 Å². The molecule has 0 aromatic heterocycles. The van der Waals surface area contributed by atoms with Crippen molar-refractivity contribution >= 4 is 39.1 Å². The highest BCUT2D eigenvalue weighted by molar-refractivity contribution is 7.92. The molecule has 208 valence electrons. The Balaban J connectivity index is 2.06. The van der Waals surface area contributed by atoms with Crippen LogP contribution in [0.5, 0.6) is 0 Å². The Morgan fingerprint density at radius 1 is 0.897 bits per heavy atom. The third-order valence-electron chi connectivity index (χ3n) is 6.33. The van der Waals surface area contributed by atoms with Gasteiger partial charge < -0.3 is 10.2 Å². The first-order valence-corrected chi connectivity index (χ1v) is 14.5. The summed E-state index contributed by atoms with van der Waals surface area (Å²) in [5, 5.41) is 3.33. The number of nitrogens with zero attached hydrogens (tertiary/aromatic N) is 2. The lowest BCUT2D eigenvalue weighted by Crippen LogP contribution is -2.54. The Hall–Kier alpha value is -3.36. The van der Waals surface area contributed by atoms with Crippen LogP contribution in [0.3, 0.4) is 0 Å². The van der Waals surface area contributed by atoms with Gasteiger partial charge in [0.1, 0.15) is 12.6 Å². The number of carbonyl (C=O) groups is 2. The Kier molecular flexibility index (Phi) is 9.46. The van der Waals surface area contributed by atoms with Crippen LogP contribution in [0, 0.1) is 13.8 Å². The second-order valence-electron chi connectivity index (χ2n) is 10.6. The molecule has 0 aliphatic heterocycles. The van der Waals surface area contributed by atoms with E-state index in [1.165, 1.54) is 29.2 Å². The fourth-order valence-electron chi connectivity index (χ4n) is 4.12. The maximum absolute atomic E-state index is 14.0. The third-order valence-corrected chi connectivity index (χ3v) is 8.36. The summed E-state index contributed by atoms with van der Waals surface area (Å²) < 4.78 is 28.9. The number of hydrogen-bond acceptors (Lipinski definition) is 4. The van der Waals surface area contributed by atoms with Crippen LogP contribution < -0.4 is 9.62 Å². The number of para-hydroxylation sites is 1. The van der Waals surface area contributed by atoms with E-state index in [0.717, 1.165) is 15.4 Å². The number of sulfonamides is 1. The summed E-state index contributed by atoms with van der Waals surface area (Å²) in [5.74, 6) is -0.831. The minimum atomic E-state index is -4.15. The van der Waals surface area contributed by atoms with E-state index in [1.807, 2.05) is 52.0 Å². The van der Waals surface area contributed by atoms with E-state index in [2.05, 4.69) is 5.32 Å². The zero-order chi connectivity index (χ0) is 29.0. The summed E-state index contributed by atoms with van der Waals surface area (Å²) in [6.07, 6.45) is 0. The first-order valence-electron chi connectivity index (χ1n) is 12.7. The standard InChI is InChI=1S/C30H36ClN3O4S/c1-21-11-7-9-13-24(21)19-33(23(3)29(36)32-30(4,5)6)28(35)20-34(27-14-10-8-12-22(27)2)39(37,38)26-17-15-25(31)16-18-26/h7-18,23H,19-20H2,1-6H3,(H,32,36). The van der Waals surface area contributed by atoms with Gasteiger partial charge >= 0.3 is 0 Å². The van der Waals surface area contributed by atoms with Crippen molar-refractivity contribution in [2.24, 2.45) is 0 Å². The summed E-state index contributed by atoms with van der Waals surface area (Å²) in [7, 11) is -4.15. The fraction of sp³-hybridized carbons (Fsp3) is 0.333. The number of nitrogens with one attached hydrogen (secondary N) is 1. The van der Waals surface area contributed by atoms with Gasteiger partial charge in [0.25, 0.3) is 10.0 Å². The molecule has 0 spiro atoms. The van der Waals surface area contributed by atoms with E-state index in [0.29, 0.717) is 16.3 Å². The molecule has 0 saturated heterocycles. The molecule has 39 heavy (non-hydrogen) atoms. The summed E-state index contributed by atoms with van der Waals surface area (Å²) >= 11 is 6.00. The van der Waals surface area contributed by atoms with Gasteiger partial charge in [0.15, 0.2) is 0 Å². The lowest BCUT2D eigenvalue weighted by atomic mass is 10.1. The number of amides is 2. The first kappa shape index (κ1) is 30.2. The smallest absolute Gasteiger partial charge is 0.264 e. The molecule has 0 fully saturated rings. The largest absolute Gasteiger partial charge is 0.350 e. The van der Waals surface area contributed by atoms with Gasteiger partial charge in [0.2, 0.25) is 11.8 Å². The molecule has 3 aromatic carbocycles. The lowest BCUT2D eigenvalue weighted by Gasteiger charge is -2.34. The number of hydrogen-bond donors (Lipinski definition) is 1. The number of anilines is 1. The monoisotopic (exact) mass is 569 g/mol. The maximum atomic E-state index is 14.0. The molecule has 0 aliphatic rings. The van der Waals surface area contributed by atoms with Gasteiger partial charge in [0.05, 0.1) is 10.6 Å². The van der Waals surface area contributed by atoms with Gasteiger partial charge in [-0.2, -0.15) is 0 Å². The van der Waals surface area contributed by atoms with Crippen molar-refractivity contribution in [2.45, 2.75) is 64.6 Å². The Bertz CT molecular complexity index is 1430. The first-order chi connectivity index (χ1) is 18.2. The fourth-order valence-corrected chi connectivity index (χ4v) is 5.72. The van der Waals surface area contributed by atoms with E-state index in [-0.39, 0.29) is 17.3 Å². The predicted molar refractivity (Wildman–Crippen MR) is 156 cm³/mol. The maximum Gasteiger partial charge on any atom is 0.264 e. The SMILES string of the molecule is Cc1ccccc1CN(C(=O)CN(c1ccccc1C)S(=O)(=O)c1ccc(Cl)cc1)C(C)C(=O)NC(C)(C)C. The summed E-state index contributed by atoms with van der Waals surface area (Å²) in [6, 6.07) is 19.5. The van der Waals surface area contributed by atoms with Crippen LogP contribution in [0.15, 0.2) is 77.7 Å². The summed E-state index contributed by atoms with van der Waals surface area (Å²) in [6.45, 7) is 10.6. The van der Waals surface area contributed by atoms with Gasteiger partial charge in [-0.1, -0.05) is 54.1 Å². The zero-order valence-electron chi connectivity index (χ0n) is 23.2. The Morgan fingerprint density at radius 2 is 1.46 bits per heavy atom. The lowest BCUT2D eigenvalue weighted by molar-refractivity contribution is -0.140. The summed E-state index contributed by atoms with van der Waals surface area (Å²) in [5.41, 5.74) is 2.39. The molecule has 0 saturated carbocycles. The van der Waals surface area contributed by atoms with Gasteiger partial charge in [-0.15, -0.1) is 0 Å². The second kappa shape index (κ2) is 12.2. The molecule has 1 N–H and O–H groups in total. The van der Waals surface area contributed by atoms with Crippen LogP contribution in [0.4, 0.5) is 5.69 Å². The van der Waals surface area contributed by atoms with Crippen molar-refractivity contribution in [3.05, 3.63) is 94.5 Å². The third kappa shape index (κ3) is 7.61. The molecule has 7 nitrogen and oxygen atoms in total. The molecular weight excluding hydrogens is 534 g/mol. The molecule has 3 rings (SSSR count). The van der Waals surface area contributed by atoms with Crippen LogP contribution in [-0.2, 0) is 26.2 Å². The summed E-state index contributed by atoms with van der Waals surface area (Å²) in [4.78, 5) is 28.6. The molecule has 0 bridgehead atoms. The molecule has 0 aliphatic carbocycles. The van der Waals surface area contributed by atoms with Crippen molar-refractivity contribution in [1.82, 2.24) is 10.2 Å². The van der Waals surface area contributed by atoms with E-state index < -0.39 is 34.1 Å². The number of aryl methyl sites for hydroxylation is 2. The topological polar surface area (TPSA) is 86.8 Å². The van der Waals surface area contributed by atoms with Crippen LogP contribution in [0.25, 0.3) is 0 Å². The number of benzene rings is 3. The highest BCUT2D eigenvalue weighted by Crippen LogP contribution is 2.28. The Labute approximate surface area is 236 Å². The van der Waals surface area contributed by atoms with Crippen molar-refractivity contribution in [1.29, 1.82) is 0 Å². The minimum Gasteiger partial charge on any atom is -0.350 e. The molecule has 9 heteroatoms. The molecule has 1 unspecified atom stereocenters. The predicted octanol–water partition coefficient (Wildman–Crippen LogP) is 5.48. The quantitative estimate of drug-likeness (QED) is 0.369. The normalized spacial score (nSPS) is 12.5. The zero-order valence-corrected chi connectivity index (χ0v) is 24.8. The molecular formula is C30H36ClN3O4S. The van der Waals surface area contributed by atoms with Crippen molar-refractivity contribution in [2.75, 3.05) is 10.8 Å². The van der Waals surface area contributed by atoms with Crippen LogP contribution in [0.1, 0.15) is 44.4 Å². The van der Waals surface area contributed by atoms with E-state index in [4.69, 9.17) is 11.6 Å². The van der Waals surface area contributed by atoms with Crippen molar-refractivity contribution < 1.29 is 18.0 Å². The van der Waals surface area contributed by atoms with Gasteiger partial charge in [-0.05, 0) is 88.6 Å². The highest BCUT2D eigenvalue weighted by Gasteiger charge is 2.34. The number of rotatable bonds is 9. The molecule has 0 radical (unpaired) electrons. The average molecular weight is 570 g/mol. The average Bonchev–Trinajstić information content (AvgIpc) is 2.86.